The minimum Gasteiger partial charge on any atom is -0.357 e. The number of rotatable bonds is 4. The molecular formula is C69H80N6. The van der Waals surface area contributed by atoms with Crippen LogP contribution in [0.2, 0.25) is 0 Å². The predicted molar refractivity (Wildman–Crippen MR) is 321 cm³/mol. The first-order chi connectivity index (χ1) is 35.1. The van der Waals surface area contributed by atoms with Crippen LogP contribution in [0, 0.1) is 166 Å². The van der Waals surface area contributed by atoms with Gasteiger partial charge in [-0.2, -0.15) is 0 Å². The van der Waals surface area contributed by atoms with E-state index in [1.54, 1.807) is 0 Å². The van der Waals surface area contributed by atoms with Gasteiger partial charge in [0.05, 0.1) is 22.1 Å². The van der Waals surface area contributed by atoms with E-state index < -0.39 is 5.41 Å². The highest BCUT2D eigenvalue weighted by Crippen LogP contribution is 2.64. The van der Waals surface area contributed by atoms with Gasteiger partial charge < -0.3 is 19.1 Å². The van der Waals surface area contributed by atoms with Crippen molar-refractivity contribution in [3.63, 3.8) is 0 Å². The molecule has 10 aromatic rings. The highest BCUT2D eigenvalue weighted by molar-refractivity contribution is 6.03. The third kappa shape index (κ3) is 5.87. The number of H-pyrrole nitrogens is 2. The maximum atomic E-state index is 5.76. The number of aromatic amines is 2. The van der Waals surface area contributed by atoms with Crippen LogP contribution >= 0.6 is 0 Å². The molecule has 1 aliphatic rings. The number of nitrogens with one attached hydrogen (secondary N) is 2. The summed E-state index contributed by atoms with van der Waals surface area (Å²) in [6.07, 6.45) is 0. The van der Waals surface area contributed by atoms with Gasteiger partial charge in [0.15, 0.2) is 0 Å². The van der Waals surface area contributed by atoms with Gasteiger partial charge in [-0.1, -0.05) is 0 Å². The Balaban J connectivity index is 1.45. The predicted octanol–water partition coefficient (Wildman–Crippen LogP) is 17.5. The van der Waals surface area contributed by atoms with E-state index in [0.29, 0.717) is 0 Å². The number of imidazole rings is 2. The molecule has 0 amide bonds. The van der Waals surface area contributed by atoms with Gasteiger partial charge in [-0.15, -0.1) is 0 Å². The van der Waals surface area contributed by atoms with Gasteiger partial charge in [0, 0.05) is 58.4 Å². The lowest BCUT2D eigenvalue weighted by atomic mass is 9.66. The molecule has 0 aliphatic heterocycles. The minimum absolute atomic E-state index is 0.861. The second kappa shape index (κ2) is 16.2. The van der Waals surface area contributed by atoms with Crippen LogP contribution in [0.5, 0.6) is 0 Å². The van der Waals surface area contributed by atoms with Gasteiger partial charge in [0.1, 0.15) is 17.1 Å². The Morgan fingerprint density at radius 1 is 0.280 bits per heavy atom. The molecule has 0 bridgehead atoms. The van der Waals surface area contributed by atoms with E-state index >= 15 is 0 Å². The van der Waals surface area contributed by atoms with Crippen molar-refractivity contribution in [1.29, 1.82) is 0 Å². The summed E-state index contributed by atoms with van der Waals surface area (Å²) in [4.78, 5) is 20.4. The van der Waals surface area contributed by atoms with Crippen molar-refractivity contribution < 1.29 is 0 Å². The molecule has 6 heteroatoms. The fraction of sp³-hybridized carbons (Fsp3) is 0.391. The number of hydrogen-bond acceptors (Lipinski definition) is 2. The third-order valence-corrected chi connectivity index (χ3v) is 21.2. The third-order valence-electron chi connectivity index (χ3n) is 21.2. The number of fused-ring (bicyclic) bond motifs is 7. The van der Waals surface area contributed by atoms with E-state index in [9.17, 15) is 0 Å². The zero-order valence-corrected chi connectivity index (χ0v) is 50.3. The van der Waals surface area contributed by atoms with Crippen LogP contribution in [-0.2, 0) is 19.5 Å². The molecule has 4 heterocycles. The first-order valence-corrected chi connectivity index (χ1v) is 27.4. The quantitative estimate of drug-likeness (QED) is 0.184. The van der Waals surface area contributed by atoms with Crippen LogP contribution in [0.1, 0.15) is 156 Å². The molecule has 0 radical (unpaired) electrons. The Bertz CT molecular complexity index is 4050. The Morgan fingerprint density at radius 3 is 0.893 bits per heavy atom. The molecule has 1 aliphatic carbocycles. The summed E-state index contributed by atoms with van der Waals surface area (Å²) in [5.74, 6) is 2.04. The number of nitrogens with zero attached hydrogens (tertiary/aromatic N) is 4. The number of benzene rings is 6. The highest BCUT2D eigenvalue weighted by atomic mass is 15.1. The summed E-state index contributed by atoms with van der Waals surface area (Å²) in [7, 11) is 4.50. The summed E-state index contributed by atoms with van der Waals surface area (Å²) in [5, 5.41) is 2.66. The van der Waals surface area contributed by atoms with E-state index in [4.69, 9.17) is 9.97 Å². The van der Waals surface area contributed by atoms with Crippen molar-refractivity contribution in [3.05, 3.63) is 156 Å². The summed E-state index contributed by atoms with van der Waals surface area (Å²) in [5.41, 5.74) is 47.9. The van der Waals surface area contributed by atoms with Crippen LogP contribution < -0.4 is 0 Å². The molecule has 2 N–H and O–H groups in total. The van der Waals surface area contributed by atoms with Crippen molar-refractivity contribution in [2.75, 3.05) is 0 Å². The molecule has 4 aromatic heterocycles. The minimum atomic E-state index is -0.861. The molecule has 75 heavy (non-hydrogen) atoms. The molecule has 0 fully saturated rings. The van der Waals surface area contributed by atoms with Crippen molar-refractivity contribution >= 4 is 43.9 Å². The lowest BCUT2D eigenvalue weighted by Gasteiger charge is -2.36. The molecule has 386 valence electrons. The zero-order chi connectivity index (χ0) is 54.7. The molecular weight excluding hydrogens is 913 g/mol. The second-order valence-corrected chi connectivity index (χ2v) is 23.9. The Morgan fingerprint density at radius 2 is 0.560 bits per heavy atom. The largest absolute Gasteiger partial charge is 0.357 e. The molecule has 0 atom stereocenters. The lowest BCUT2D eigenvalue weighted by Crippen LogP contribution is -2.33. The summed E-state index contributed by atoms with van der Waals surface area (Å²) in [6.45, 7) is 56.0. The van der Waals surface area contributed by atoms with Crippen molar-refractivity contribution in [2.45, 2.75) is 172 Å². The van der Waals surface area contributed by atoms with Gasteiger partial charge in [-0.05, 0) is 322 Å². The maximum absolute atomic E-state index is 5.76. The fourth-order valence-corrected chi connectivity index (χ4v) is 15.3. The van der Waals surface area contributed by atoms with Gasteiger partial charge in [0.25, 0.3) is 0 Å². The number of aryl methyl sites for hydroxylation is 12. The van der Waals surface area contributed by atoms with Gasteiger partial charge >= 0.3 is 0 Å². The average molecular weight is 993 g/mol. The number of aromatic nitrogens is 6. The SMILES string of the molecule is Cc1c(C)c2c(c(C)c1-c1nc3c(C)c(C)c(C)c(C)c3n1C)C(c1[nH]c3c(C)c(C)c(C)c(C)c3c1C)(c1[nH]c3c(C)c(C)c(C)c(C)c3c1C)c1c(C)c(-c3nc4c(C)c(C)c(C)c(C)c4n3C)c(C)c(C)c1-2. The van der Waals surface area contributed by atoms with Gasteiger partial charge in [-0.3, -0.25) is 0 Å². The van der Waals surface area contributed by atoms with Crippen molar-refractivity contribution in [3.8, 4) is 33.9 Å². The van der Waals surface area contributed by atoms with E-state index in [1.807, 2.05) is 0 Å². The summed E-state index contributed by atoms with van der Waals surface area (Å²) >= 11 is 0. The number of hydrogen-bond donors (Lipinski definition) is 2. The lowest BCUT2D eigenvalue weighted by molar-refractivity contribution is 0.700. The van der Waals surface area contributed by atoms with E-state index in [2.05, 4.69) is 199 Å². The topological polar surface area (TPSA) is 67.2 Å². The van der Waals surface area contributed by atoms with Crippen LogP contribution in [0.3, 0.4) is 0 Å². The standard InChI is InChI=1S/C69H80N6/c1-27-29(3)41(15)59-51(35(27)9)49(23)65(70-59)69(66-50(24)52-36(10)28(2)30(4)42(16)60(52)71-66)57-47(21)53(67-72-61-43(17)31(5)33(7)45(19)63(61)74(67)25)37(11)39(13)55(57)56-40(14)38(12)54(48(22)58(56)69)68-73-62-44(18)32(6)34(8)46(20)64(62)75(68)26/h70-71H,1-26H3. The molecule has 0 spiro atoms. The zero-order valence-electron chi connectivity index (χ0n) is 50.3. The highest BCUT2D eigenvalue weighted by Gasteiger charge is 2.55. The normalized spacial score (nSPS) is 13.3. The summed E-state index contributed by atoms with van der Waals surface area (Å²) < 4.78 is 4.82. The Hall–Kier alpha value is -6.66. The van der Waals surface area contributed by atoms with Gasteiger partial charge in [-0.25, -0.2) is 9.97 Å². The van der Waals surface area contributed by atoms with E-state index in [-0.39, 0.29) is 0 Å². The fourth-order valence-electron chi connectivity index (χ4n) is 15.3. The van der Waals surface area contributed by atoms with Crippen LogP contribution in [0.15, 0.2) is 0 Å². The summed E-state index contributed by atoms with van der Waals surface area (Å²) in [6, 6.07) is 0. The first kappa shape index (κ1) is 50.5. The first-order valence-electron chi connectivity index (χ1n) is 27.4. The van der Waals surface area contributed by atoms with Gasteiger partial charge in [0.2, 0.25) is 0 Å². The molecule has 11 rings (SSSR count). The smallest absolute Gasteiger partial charge is 0.141 e. The van der Waals surface area contributed by atoms with Crippen LogP contribution in [-0.4, -0.2) is 29.1 Å². The molecule has 0 unspecified atom stereocenters. The maximum Gasteiger partial charge on any atom is 0.141 e. The average Bonchev–Trinajstić information content (AvgIpc) is 4.19. The Labute approximate surface area is 446 Å². The van der Waals surface area contributed by atoms with Crippen molar-refractivity contribution in [2.24, 2.45) is 14.1 Å². The monoisotopic (exact) mass is 993 g/mol. The molecule has 0 saturated carbocycles. The molecule has 6 aromatic carbocycles. The van der Waals surface area contributed by atoms with E-state index in [1.165, 1.54) is 211 Å². The molecule has 0 saturated heterocycles. The van der Waals surface area contributed by atoms with Crippen molar-refractivity contribution in [1.82, 2.24) is 29.1 Å². The Kier molecular flexibility index (Phi) is 10.9. The second-order valence-electron chi connectivity index (χ2n) is 23.9. The molecule has 6 nitrogen and oxygen atoms in total. The van der Waals surface area contributed by atoms with E-state index in [0.717, 1.165) is 22.7 Å². The van der Waals surface area contributed by atoms with Crippen LogP contribution in [0.4, 0.5) is 0 Å². The van der Waals surface area contributed by atoms with Crippen LogP contribution in [0.25, 0.3) is 77.8 Å².